The highest BCUT2D eigenvalue weighted by Crippen LogP contribution is 2.38. The summed E-state index contributed by atoms with van der Waals surface area (Å²) in [5.41, 5.74) is 4.26. The lowest BCUT2D eigenvalue weighted by Crippen LogP contribution is -2.20. The Hall–Kier alpha value is -3.41. The molecule has 0 saturated heterocycles. The van der Waals surface area contributed by atoms with Gasteiger partial charge in [-0.15, -0.1) is 0 Å². The molecule has 0 bridgehead atoms. The minimum atomic E-state index is -0.882. The second kappa shape index (κ2) is 9.81. The zero-order valence-corrected chi connectivity index (χ0v) is 18.9. The molecule has 0 fully saturated rings. The molecule has 0 aliphatic carbocycles. The average Bonchev–Trinajstić information content (AvgIpc) is 2.75. The van der Waals surface area contributed by atoms with Crippen LogP contribution in [-0.4, -0.2) is 25.7 Å². The van der Waals surface area contributed by atoms with Crippen LogP contribution in [0, 0.1) is 25.5 Å². The van der Waals surface area contributed by atoms with Gasteiger partial charge in [0.05, 0.1) is 6.10 Å². The van der Waals surface area contributed by atoms with Gasteiger partial charge < -0.3 is 14.4 Å². The van der Waals surface area contributed by atoms with Gasteiger partial charge in [-0.25, -0.2) is 13.6 Å². The van der Waals surface area contributed by atoms with Crippen LogP contribution in [0.2, 0.25) is 0 Å². The Kier molecular flexibility index (Phi) is 7.13. The zero-order chi connectivity index (χ0) is 23.4. The summed E-state index contributed by atoms with van der Waals surface area (Å²) in [6.45, 7) is 6.82. The summed E-state index contributed by atoms with van der Waals surface area (Å²) in [5.74, 6) is -2.46. The van der Waals surface area contributed by atoms with Crippen LogP contribution in [0.5, 0.6) is 5.75 Å². The number of rotatable bonds is 7. The van der Waals surface area contributed by atoms with Crippen molar-refractivity contribution in [2.24, 2.45) is 0 Å². The van der Waals surface area contributed by atoms with Gasteiger partial charge >= 0.3 is 5.97 Å². The number of aryl methyl sites for hydroxylation is 1. The fraction of sp³-hybridized carbons (Fsp3) is 0.269. The van der Waals surface area contributed by atoms with Crippen molar-refractivity contribution >= 4 is 17.3 Å². The number of carbonyl (C=O) groups is 1. The van der Waals surface area contributed by atoms with Crippen molar-refractivity contribution in [3.8, 4) is 16.9 Å². The van der Waals surface area contributed by atoms with E-state index in [1.54, 1.807) is 20.9 Å². The SMILES string of the molecule is Cc1cc(-c2ccccc2)cc(N(C)c2c(F)ccc(OCC(=O)OC(C)C)c2F)c1C. The fourth-order valence-electron chi connectivity index (χ4n) is 3.48. The lowest BCUT2D eigenvalue weighted by molar-refractivity contribution is -0.149. The normalized spacial score (nSPS) is 10.9. The van der Waals surface area contributed by atoms with Gasteiger partial charge in [-0.2, -0.15) is 0 Å². The molecule has 0 atom stereocenters. The molecule has 0 saturated carbocycles. The number of nitrogens with zero attached hydrogens (tertiary/aromatic N) is 1. The van der Waals surface area contributed by atoms with Gasteiger partial charge in [0.15, 0.2) is 18.2 Å². The first kappa shape index (κ1) is 23.3. The number of halogens is 2. The first-order chi connectivity index (χ1) is 15.2. The third kappa shape index (κ3) is 5.07. The van der Waals surface area contributed by atoms with E-state index < -0.39 is 24.2 Å². The highest BCUT2D eigenvalue weighted by atomic mass is 19.1. The van der Waals surface area contributed by atoms with Gasteiger partial charge in [-0.1, -0.05) is 36.4 Å². The molecular weight excluding hydrogens is 412 g/mol. The minimum absolute atomic E-state index is 0.220. The predicted octanol–water partition coefficient (Wildman–Crippen LogP) is 6.35. The smallest absolute Gasteiger partial charge is 0.344 e. The van der Waals surface area contributed by atoms with E-state index in [2.05, 4.69) is 6.07 Å². The Balaban J connectivity index is 1.98. The van der Waals surface area contributed by atoms with E-state index in [1.165, 1.54) is 11.0 Å². The first-order valence-corrected chi connectivity index (χ1v) is 10.4. The van der Waals surface area contributed by atoms with Crippen LogP contribution in [0.15, 0.2) is 54.6 Å². The van der Waals surface area contributed by atoms with Gasteiger partial charge in [0.1, 0.15) is 11.5 Å². The van der Waals surface area contributed by atoms with Crippen LogP contribution in [0.25, 0.3) is 11.1 Å². The molecule has 3 rings (SSSR count). The largest absolute Gasteiger partial charge is 0.479 e. The van der Waals surface area contributed by atoms with E-state index in [1.807, 2.05) is 50.2 Å². The standard InChI is InChI=1S/C26H27F2NO3/c1-16(2)32-24(30)15-31-23-12-11-21(27)26(25(23)28)29(5)22-14-20(13-17(3)18(22)4)19-9-7-6-8-10-19/h6-14,16H,15H2,1-5H3. The van der Waals surface area contributed by atoms with E-state index in [4.69, 9.17) is 9.47 Å². The van der Waals surface area contributed by atoms with Crippen LogP contribution in [-0.2, 0) is 9.53 Å². The monoisotopic (exact) mass is 439 g/mol. The van der Waals surface area contributed by atoms with Crippen LogP contribution < -0.4 is 9.64 Å². The Morgan fingerprint density at radius 3 is 2.34 bits per heavy atom. The zero-order valence-electron chi connectivity index (χ0n) is 18.9. The molecule has 168 valence electrons. The summed E-state index contributed by atoms with van der Waals surface area (Å²) in [7, 11) is 1.61. The van der Waals surface area contributed by atoms with Crippen molar-refractivity contribution in [2.45, 2.75) is 33.8 Å². The van der Waals surface area contributed by atoms with Gasteiger partial charge in [-0.3, -0.25) is 0 Å². The van der Waals surface area contributed by atoms with Gasteiger partial charge in [0, 0.05) is 12.7 Å². The molecule has 3 aromatic carbocycles. The number of carbonyl (C=O) groups excluding carboxylic acids is 1. The Bertz CT molecular complexity index is 1110. The van der Waals surface area contributed by atoms with Crippen LogP contribution in [0.4, 0.5) is 20.2 Å². The lowest BCUT2D eigenvalue weighted by Gasteiger charge is -2.25. The predicted molar refractivity (Wildman–Crippen MR) is 122 cm³/mol. The lowest BCUT2D eigenvalue weighted by atomic mass is 9.98. The molecule has 0 unspecified atom stereocenters. The van der Waals surface area contributed by atoms with Crippen molar-refractivity contribution in [3.05, 3.63) is 77.4 Å². The highest BCUT2D eigenvalue weighted by Gasteiger charge is 2.22. The van der Waals surface area contributed by atoms with Crippen LogP contribution in [0.3, 0.4) is 0 Å². The Labute approximate surface area is 187 Å². The summed E-state index contributed by atoms with van der Waals surface area (Å²) in [4.78, 5) is 13.2. The summed E-state index contributed by atoms with van der Waals surface area (Å²) < 4.78 is 40.3. The first-order valence-electron chi connectivity index (χ1n) is 10.4. The van der Waals surface area contributed by atoms with Crippen LogP contribution in [0.1, 0.15) is 25.0 Å². The third-order valence-electron chi connectivity index (χ3n) is 5.19. The maximum Gasteiger partial charge on any atom is 0.344 e. The van der Waals surface area contributed by atoms with Crippen LogP contribution >= 0.6 is 0 Å². The van der Waals surface area contributed by atoms with E-state index in [9.17, 15) is 9.18 Å². The molecule has 0 heterocycles. The van der Waals surface area contributed by atoms with Gasteiger partial charge in [-0.05, 0) is 68.1 Å². The van der Waals surface area contributed by atoms with Gasteiger partial charge in [0.2, 0.25) is 0 Å². The maximum atomic E-state index is 15.3. The van der Waals surface area contributed by atoms with Gasteiger partial charge in [0.25, 0.3) is 0 Å². The van der Waals surface area contributed by atoms with E-state index in [0.29, 0.717) is 5.69 Å². The third-order valence-corrected chi connectivity index (χ3v) is 5.19. The van der Waals surface area contributed by atoms with Crippen molar-refractivity contribution in [1.29, 1.82) is 0 Å². The number of benzene rings is 3. The molecule has 0 aliphatic rings. The van der Waals surface area contributed by atoms with Crippen molar-refractivity contribution in [1.82, 2.24) is 0 Å². The maximum absolute atomic E-state index is 15.3. The second-order valence-electron chi connectivity index (χ2n) is 7.90. The molecule has 0 amide bonds. The fourth-order valence-corrected chi connectivity index (χ4v) is 3.48. The minimum Gasteiger partial charge on any atom is -0.479 e. The molecular formula is C26H27F2NO3. The molecule has 0 radical (unpaired) electrons. The number of hydrogen-bond donors (Lipinski definition) is 0. The van der Waals surface area contributed by atoms with Crippen molar-refractivity contribution < 1.29 is 23.0 Å². The van der Waals surface area contributed by atoms with E-state index in [-0.39, 0.29) is 17.5 Å². The van der Waals surface area contributed by atoms with Crippen molar-refractivity contribution in [3.63, 3.8) is 0 Å². The van der Waals surface area contributed by atoms with Crippen molar-refractivity contribution in [2.75, 3.05) is 18.6 Å². The number of hydrogen-bond acceptors (Lipinski definition) is 4. The highest BCUT2D eigenvalue weighted by molar-refractivity contribution is 5.76. The van der Waals surface area contributed by atoms with E-state index >= 15 is 4.39 Å². The number of esters is 1. The van der Waals surface area contributed by atoms with E-state index in [0.717, 1.165) is 28.3 Å². The number of ether oxygens (including phenoxy) is 2. The molecule has 32 heavy (non-hydrogen) atoms. The molecule has 0 aromatic heterocycles. The summed E-state index contributed by atoms with van der Waals surface area (Å²) in [6.07, 6.45) is -0.311. The Morgan fingerprint density at radius 1 is 1.00 bits per heavy atom. The Morgan fingerprint density at radius 2 is 1.69 bits per heavy atom. The molecule has 0 N–H and O–H groups in total. The molecule has 0 aliphatic heterocycles. The summed E-state index contributed by atoms with van der Waals surface area (Å²) >= 11 is 0. The molecule has 4 nitrogen and oxygen atoms in total. The number of anilines is 2. The second-order valence-corrected chi connectivity index (χ2v) is 7.90. The molecule has 3 aromatic rings. The molecule has 6 heteroatoms. The summed E-state index contributed by atoms with van der Waals surface area (Å²) in [5, 5.41) is 0. The average molecular weight is 440 g/mol. The summed E-state index contributed by atoms with van der Waals surface area (Å²) in [6, 6.07) is 16.0. The quantitative estimate of drug-likeness (QED) is 0.402. The topological polar surface area (TPSA) is 38.8 Å². The molecule has 0 spiro atoms.